The number of carbonyl (C=O) groups excluding carboxylic acids is 1. The number of aromatic nitrogens is 2. The third-order valence-corrected chi connectivity index (χ3v) is 3.87. The van der Waals surface area contributed by atoms with E-state index in [4.69, 9.17) is 11.6 Å². The molecule has 0 radical (unpaired) electrons. The first-order chi connectivity index (χ1) is 11.2. The Hall–Kier alpha value is -2.41. The van der Waals surface area contributed by atoms with Crippen molar-refractivity contribution in [3.8, 4) is 0 Å². The molecule has 0 saturated carbocycles. The van der Waals surface area contributed by atoms with Gasteiger partial charge in [-0.15, -0.1) is 0 Å². The first-order valence-electron chi connectivity index (χ1n) is 6.76. The van der Waals surface area contributed by atoms with Crippen LogP contribution in [0.25, 0.3) is 10.9 Å². The molecule has 0 amide bonds. The largest absolute Gasteiger partial charge is 0.417 e. The average molecular weight is 357 g/mol. The van der Waals surface area contributed by atoms with Crippen molar-refractivity contribution in [3.63, 3.8) is 0 Å². The summed E-state index contributed by atoms with van der Waals surface area (Å²) in [6.45, 7) is 1.46. The number of benzene rings is 2. The molecule has 2 aromatic carbocycles. The number of hydrogen-bond acceptors (Lipinski definition) is 2. The molecular weight excluding hydrogens is 348 g/mol. The molecule has 0 N–H and O–H groups in total. The van der Waals surface area contributed by atoms with Gasteiger partial charge < -0.3 is 0 Å². The highest BCUT2D eigenvalue weighted by Crippen LogP contribution is 2.36. The van der Waals surface area contributed by atoms with Crippen LogP contribution in [0.2, 0.25) is 5.02 Å². The van der Waals surface area contributed by atoms with Crippen LogP contribution in [0.1, 0.15) is 21.6 Å². The van der Waals surface area contributed by atoms with Gasteiger partial charge in [0, 0.05) is 0 Å². The van der Waals surface area contributed by atoms with Gasteiger partial charge in [0.1, 0.15) is 5.82 Å². The van der Waals surface area contributed by atoms with Crippen LogP contribution in [0.5, 0.6) is 0 Å². The molecule has 0 bridgehead atoms. The summed E-state index contributed by atoms with van der Waals surface area (Å²) in [5, 5.41) is 3.61. The van der Waals surface area contributed by atoms with Gasteiger partial charge in [0.15, 0.2) is 0 Å². The van der Waals surface area contributed by atoms with Crippen molar-refractivity contribution in [2.24, 2.45) is 0 Å². The Balaban J connectivity index is 2.28. The van der Waals surface area contributed by atoms with E-state index >= 15 is 0 Å². The summed E-state index contributed by atoms with van der Waals surface area (Å²) in [7, 11) is 0. The number of hydrogen-bond donors (Lipinski definition) is 0. The average Bonchev–Trinajstić information content (AvgIpc) is 2.84. The number of rotatable bonds is 1. The van der Waals surface area contributed by atoms with Crippen molar-refractivity contribution >= 4 is 28.4 Å². The molecular formula is C16H9ClF4N2O. The zero-order valence-corrected chi connectivity index (χ0v) is 12.9. The zero-order valence-electron chi connectivity index (χ0n) is 12.2. The Kier molecular flexibility index (Phi) is 3.83. The maximum Gasteiger partial charge on any atom is 0.417 e. The molecule has 0 unspecified atom stereocenters. The third kappa shape index (κ3) is 2.54. The molecule has 3 nitrogen and oxygen atoms in total. The van der Waals surface area contributed by atoms with E-state index in [1.54, 1.807) is 0 Å². The molecule has 1 aromatic heterocycles. The van der Waals surface area contributed by atoms with Crippen LogP contribution >= 0.6 is 11.6 Å². The molecule has 0 aliphatic carbocycles. The number of halogens is 5. The predicted octanol–water partition coefficient (Wildman–Crippen LogP) is 4.84. The molecule has 0 atom stereocenters. The lowest BCUT2D eigenvalue weighted by atomic mass is 10.1. The van der Waals surface area contributed by atoms with Gasteiger partial charge in [0.05, 0.1) is 32.7 Å². The van der Waals surface area contributed by atoms with Crippen LogP contribution in [0, 0.1) is 12.7 Å². The second-order valence-corrected chi connectivity index (χ2v) is 5.50. The smallest absolute Gasteiger partial charge is 0.267 e. The molecule has 0 aliphatic rings. The number of nitrogens with zero attached hydrogens (tertiary/aromatic N) is 2. The minimum atomic E-state index is -4.76. The summed E-state index contributed by atoms with van der Waals surface area (Å²) >= 11 is 5.83. The molecule has 3 aromatic rings. The van der Waals surface area contributed by atoms with E-state index in [1.807, 2.05) is 0 Å². The molecule has 124 valence electrons. The van der Waals surface area contributed by atoms with Crippen molar-refractivity contribution in [1.82, 2.24) is 9.78 Å². The molecule has 3 rings (SSSR count). The number of aryl methyl sites for hydroxylation is 1. The fraction of sp³-hybridized carbons (Fsp3) is 0.125. The minimum Gasteiger partial charge on any atom is -0.267 e. The standard InChI is InChI=1S/C16H9ClF4N2O/c1-8-13-11(18)6-3-7-12(13)23(22-8)15(24)14-9(16(19,20)21)4-2-5-10(14)17/h2-7H,1H3. The maximum absolute atomic E-state index is 13.9. The fourth-order valence-corrected chi connectivity index (χ4v) is 2.80. The molecule has 0 spiro atoms. The van der Waals surface area contributed by atoms with Crippen molar-refractivity contribution in [2.75, 3.05) is 0 Å². The third-order valence-electron chi connectivity index (χ3n) is 3.56. The van der Waals surface area contributed by atoms with Crippen molar-refractivity contribution in [1.29, 1.82) is 0 Å². The van der Waals surface area contributed by atoms with E-state index in [1.165, 1.54) is 31.2 Å². The van der Waals surface area contributed by atoms with E-state index in [-0.39, 0.29) is 21.6 Å². The lowest BCUT2D eigenvalue weighted by molar-refractivity contribution is -0.137. The van der Waals surface area contributed by atoms with Crippen LogP contribution in [0.3, 0.4) is 0 Å². The molecule has 1 heterocycles. The van der Waals surface area contributed by atoms with Crippen LogP contribution < -0.4 is 0 Å². The van der Waals surface area contributed by atoms with Crippen molar-refractivity contribution in [3.05, 3.63) is 64.1 Å². The van der Waals surface area contributed by atoms with Gasteiger partial charge >= 0.3 is 6.18 Å². The maximum atomic E-state index is 13.9. The number of carbonyl (C=O) groups is 1. The molecule has 0 fully saturated rings. The Morgan fingerprint density at radius 2 is 1.83 bits per heavy atom. The van der Waals surface area contributed by atoms with E-state index in [0.29, 0.717) is 0 Å². The SMILES string of the molecule is Cc1nn(C(=O)c2c(Cl)cccc2C(F)(F)F)c2cccc(F)c12. The molecule has 0 saturated heterocycles. The Bertz CT molecular complexity index is 963. The lowest BCUT2D eigenvalue weighted by Gasteiger charge is -2.13. The molecule has 0 aliphatic heterocycles. The summed E-state index contributed by atoms with van der Waals surface area (Å²) < 4.78 is 54.2. The van der Waals surface area contributed by atoms with Gasteiger partial charge in [-0.25, -0.2) is 4.39 Å². The summed E-state index contributed by atoms with van der Waals surface area (Å²) in [4.78, 5) is 12.7. The summed E-state index contributed by atoms with van der Waals surface area (Å²) in [5.41, 5.74) is -1.62. The van der Waals surface area contributed by atoms with Crippen molar-refractivity contribution < 1.29 is 22.4 Å². The Morgan fingerprint density at radius 1 is 1.17 bits per heavy atom. The Morgan fingerprint density at radius 3 is 2.50 bits per heavy atom. The number of alkyl halides is 3. The van der Waals surface area contributed by atoms with Crippen LogP contribution in [-0.4, -0.2) is 15.7 Å². The first kappa shape index (κ1) is 16.4. The van der Waals surface area contributed by atoms with Gasteiger partial charge in [-0.2, -0.15) is 23.0 Å². The van der Waals surface area contributed by atoms with Gasteiger partial charge in [-0.05, 0) is 31.2 Å². The number of fused-ring (bicyclic) bond motifs is 1. The zero-order chi connectivity index (χ0) is 17.6. The highest BCUT2D eigenvalue weighted by atomic mass is 35.5. The van der Waals surface area contributed by atoms with Crippen molar-refractivity contribution in [2.45, 2.75) is 13.1 Å². The fourth-order valence-electron chi connectivity index (χ4n) is 2.54. The highest BCUT2D eigenvalue weighted by molar-refractivity contribution is 6.34. The van der Waals surface area contributed by atoms with E-state index < -0.39 is 29.0 Å². The normalized spacial score (nSPS) is 11.9. The monoisotopic (exact) mass is 356 g/mol. The summed E-state index contributed by atoms with van der Waals surface area (Å²) in [5.74, 6) is -1.68. The van der Waals surface area contributed by atoms with Gasteiger partial charge in [-0.3, -0.25) is 4.79 Å². The van der Waals surface area contributed by atoms with Gasteiger partial charge in [-0.1, -0.05) is 23.7 Å². The van der Waals surface area contributed by atoms with Gasteiger partial charge in [0.2, 0.25) is 0 Å². The quantitative estimate of drug-likeness (QED) is 0.584. The van der Waals surface area contributed by atoms with Crippen LogP contribution in [0.15, 0.2) is 36.4 Å². The highest BCUT2D eigenvalue weighted by Gasteiger charge is 2.37. The summed E-state index contributed by atoms with van der Waals surface area (Å²) in [6.07, 6.45) is -4.76. The van der Waals surface area contributed by atoms with E-state index in [9.17, 15) is 22.4 Å². The lowest BCUT2D eigenvalue weighted by Crippen LogP contribution is -2.20. The second-order valence-electron chi connectivity index (χ2n) is 5.10. The van der Waals surface area contributed by atoms with Crippen LogP contribution in [0.4, 0.5) is 17.6 Å². The van der Waals surface area contributed by atoms with E-state index in [2.05, 4.69) is 5.10 Å². The Labute approximate surface area is 138 Å². The predicted molar refractivity (Wildman–Crippen MR) is 80.6 cm³/mol. The molecule has 24 heavy (non-hydrogen) atoms. The minimum absolute atomic E-state index is 0.0746. The summed E-state index contributed by atoms with van der Waals surface area (Å²) in [6, 6.07) is 6.98. The topological polar surface area (TPSA) is 34.9 Å². The first-order valence-corrected chi connectivity index (χ1v) is 7.14. The van der Waals surface area contributed by atoms with Gasteiger partial charge in [0.25, 0.3) is 5.91 Å². The molecule has 8 heteroatoms. The second kappa shape index (κ2) is 5.59. The van der Waals surface area contributed by atoms with Crippen LogP contribution in [-0.2, 0) is 6.18 Å². The van der Waals surface area contributed by atoms with E-state index in [0.717, 1.165) is 16.8 Å².